The van der Waals surface area contributed by atoms with E-state index in [4.69, 9.17) is 10.3 Å². The Labute approximate surface area is 112 Å². The summed E-state index contributed by atoms with van der Waals surface area (Å²) in [4.78, 5) is 6.63. The fourth-order valence-corrected chi connectivity index (χ4v) is 2.36. The van der Waals surface area contributed by atoms with E-state index in [2.05, 4.69) is 15.0 Å². The number of anilines is 1. The molecule has 0 aliphatic carbocycles. The normalized spacial score (nSPS) is 20.3. The van der Waals surface area contributed by atoms with Crippen LogP contribution in [0.1, 0.15) is 19.3 Å². The van der Waals surface area contributed by atoms with Crippen LogP contribution in [0.2, 0.25) is 0 Å². The summed E-state index contributed by atoms with van der Waals surface area (Å²) < 4.78 is 5.34. The van der Waals surface area contributed by atoms with Gasteiger partial charge < -0.3 is 15.2 Å². The van der Waals surface area contributed by atoms with Crippen molar-refractivity contribution in [2.75, 3.05) is 18.0 Å². The van der Waals surface area contributed by atoms with Crippen LogP contribution in [0, 0.1) is 0 Å². The van der Waals surface area contributed by atoms with Crippen molar-refractivity contribution >= 4 is 5.95 Å². The molecule has 0 radical (unpaired) electrons. The summed E-state index contributed by atoms with van der Waals surface area (Å²) in [5.74, 6) is 1.25. The van der Waals surface area contributed by atoms with Gasteiger partial charge in [-0.25, -0.2) is 0 Å². The molecule has 1 aliphatic heterocycles. The monoisotopic (exact) mass is 258 g/mol. The maximum Gasteiger partial charge on any atom is 0.266 e. The van der Waals surface area contributed by atoms with Gasteiger partial charge in [-0.3, -0.25) is 0 Å². The second-order valence-corrected chi connectivity index (χ2v) is 4.94. The minimum absolute atomic E-state index is 0.297. The highest BCUT2D eigenvalue weighted by Gasteiger charge is 2.19. The lowest BCUT2D eigenvalue weighted by atomic mass is 10.1. The molecule has 1 atom stereocenters. The molecule has 0 bridgehead atoms. The Morgan fingerprint density at radius 2 is 2.00 bits per heavy atom. The molecule has 1 unspecified atom stereocenters. The third-order valence-corrected chi connectivity index (χ3v) is 3.49. The molecular formula is C14H18N4O. The molecule has 5 heteroatoms. The van der Waals surface area contributed by atoms with Gasteiger partial charge in [0.05, 0.1) is 0 Å². The summed E-state index contributed by atoms with van der Waals surface area (Å²) in [6.07, 6.45) is 3.13. The molecule has 1 saturated heterocycles. The average Bonchev–Trinajstić information content (AvgIpc) is 2.84. The Morgan fingerprint density at radius 1 is 1.16 bits per heavy atom. The molecule has 0 saturated carbocycles. The van der Waals surface area contributed by atoms with E-state index in [1.165, 1.54) is 0 Å². The van der Waals surface area contributed by atoms with Crippen LogP contribution in [-0.4, -0.2) is 29.3 Å². The first-order valence-corrected chi connectivity index (χ1v) is 6.72. The third kappa shape index (κ3) is 2.76. The molecule has 0 amide bonds. The quantitative estimate of drug-likeness (QED) is 0.893. The van der Waals surface area contributed by atoms with Gasteiger partial charge in [0.15, 0.2) is 0 Å². The zero-order valence-electron chi connectivity index (χ0n) is 10.8. The number of hydrogen-bond donors (Lipinski definition) is 1. The first kappa shape index (κ1) is 12.2. The summed E-state index contributed by atoms with van der Waals surface area (Å²) in [7, 11) is 0. The Bertz CT molecular complexity index is 525. The second kappa shape index (κ2) is 5.40. The van der Waals surface area contributed by atoms with Crippen LogP contribution in [0.15, 0.2) is 34.9 Å². The molecule has 3 rings (SSSR count). The predicted octanol–water partition coefficient (Wildman–Crippen LogP) is 2.05. The van der Waals surface area contributed by atoms with Crippen molar-refractivity contribution < 1.29 is 4.52 Å². The van der Waals surface area contributed by atoms with Gasteiger partial charge in [0, 0.05) is 24.7 Å². The highest BCUT2D eigenvalue weighted by Crippen LogP contribution is 2.21. The van der Waals surface area contributed by atoms with E-state index >= 15 is 0 Å². The largest absolute Gasteiger partial charge is 0.338 e. The standard InChI is InChI=1S/C14H18N4O/c15-12-7-4-9-18(10-8-12)14-16-13(19-17-14)11-5-2-1-3-6-11/h1-3,5-6,12H,4,7-10,15H2. The van der Waals surface area contributed by atoms with Crippen molar-refractivity contribution in [3.8, 4) is 11.5 Å². The topological polar surface area (TPSA) is 68.2 Å². The highest BCUT2D eigenvalue weighted by atomic mass is 16.5. The molecule has 5 nitrogen and oxygen atoms in total. The van der Waals surface area contributed by atoms with Crippen LogP contribution in [0.3, 0.4) is 0 Å². The highest BCUT2D eigenvalue weighted by molar-refractivity contribution is 5.54. The summed E-state index contributed by atoms with van der Waals surface area (Å²) in [6, 6.07) is 10.1. The van der Waals surface area contributed by atoms with Crippen LogP contribution in [0.4, 0.5) is 5.95 Å². The Morgan fingerprint density at radius 3 is 2.84 bits per heavy atom. The Hall–Kier alpha value is -1.88. The average molecular weight is 258 g/mol. The SMILES string of the molecule is NC1CCCN(c2noc(-c3ccccc3)n2)CC1. The first-order chi connectivity index (χ1) is 9.33. The molecule has 0 spiro atoms. The van der Waals surface area contributed by atoms with Gasteiger partial charge in [0.1, 0.15) is 0 Å². The molecule has 1 aromatic heterocycles. The van der Waals surface area contributed by atoms with E-state index in [1.807, 2.05) is 30.3 Å². The maximum atomic E-state index is 5.98. The van der Waals surface area contributed by atoms with Gasteiger partial charge in [-0.05, 0) is 36.6 Å². The van der Waals surface area contributed by atoms with Gasteiger partial charge in [-0.1, -0.05) is 18.2 Å². The molecule has 2 heterocycles. The van der Waals surface area contributed by atoms with Gasteiger partial charge in [-0.15, -0.1) is 0 Å². The van der Waals surface area contributed by atoms with Crippen LogP contribution in [0.5, 0.6) is 0 Å². The van der Waals surface area contributed by atoms with Crippen molar-refractivity contribution in [3.63, 3.8) is 0 Å². The Balaban J connectivity index is 1.77. The van der Waals surface area contributed by atoms with Gasteiger partial charge in [0.2, 0.25) is 0 Å². The number of hydrogen-bond acceptors (Lipinski definition) is 5. The third-order valence-electron chi connectivity index (χ3n) is 3.49. The van der Waals surface area contributed by atoms with Crippen molar-refractivity contribution in [2.24, 2.45) is 5.73 Å². The van der Waals surface area contributed by atoms with Crippen molar-refractivity contribution in [2.45, 2.75) is 25.3 Å². The van der Waals surface area contributed by atoms with Crippen molar-refractivity contribution in [1.82, 2.24) is 10.1 Å². The smallest absolute Gasteiger partial charge is 0.266 e. The van der Waals surface area contributed by atoms with Crippen LogP contribution in [-0.2, 0) is 0 Å². The van der Waals surface area contributed by atoms with E-state index in [0.717, 1.165) is 37.9 Å². The summed E-state index contributed by atoms with van der Waals surface area (Å²) in [5, 5.41) is 4.08. The zero-order valence-corrected chi connectivity index (χ0v) is 10.8. The molecule has 1 aliphatic rings. The number of rotatable bonds is 2. The number of benzene rings is 1. The second-order valence-electron chi connectivity index (χ2n) is 4.94. The fraction of sp³-hybridized carbons (Fsp3) is 0.429. The van der Waals surface area contributed by atoms with Crippen molar-refractivity contribution in [3.05, 3.63) is 30.3 Å². The molecule has 1 fully saturated rings. The number of aromatic nitrogens is 2. The molecule has 19 heavy (non-hydrogen) atoms. The number of nitrogens with two attached hydrogens (primary N) is 1. The lowest BCUT2D eigenvalue weighted by Crippen LogP contribution is -2.27. The molecule has 1 aromatic carbocycles. The maximum absolute atomic E-state index is 5.98. The molecule has 2 aromatic rings. The van der Waals surface area contributed by atoms with Crippen LogP contribution >= 0.6 is 0 Å². The fourth-order valence-electron chi connectivity index (χ4n) is 2.36. The minimum Gasteiger partial charge on any atom is -0.338 e. The number of nitrogens with zero attached hydrogens (tertiary/aromatic N) is 3. The first-order valence-electron chi connectivity index (χ1n) is 6.72. The van der Waals surface area contributed by atoms with Gasteiger partial charge in [0.25, 0.3) is 11.8 Å². The molecule has 2 N–H and O–H groups in total. The lowest BCUT2D eigenvalue weighted by Gasteiger charge is -2.16. The van der Waals surface area contributed by atoms with E-state index in [9.17, 15) is 0 Å². The van der Waals surface area contributed by atoms with E-state index < -0.39 is 0 Å². The van der Waals surface area contributed by atoms with E-state index in [-0.39, 0.29) is 0 Å². The van der Waals surface area contributed by atoms with Crippen LogP contribution < -0.4 is 10.6 Å². The van der Waals surface area contributed by atoms with E-state index in [1.54, 1.807) is 0 Å². The van der Waals surface area contributed by atoms with Crippen molar-refractivity contribution in [1.29, 1.82) is 0 Å². The minimum atomic E-state index is 0.297. The van der Waals surface area contributed by atoms with Gasteiger partial charge >= 0.3 is 0 Å². The summed E-state index contributed by atoms with van der Waals surface area (Å²) in [6.45, 7) is 1.84. The molecular weight excluding hydrogens is 240 g/mol. The molecule has 100 valence electrons. The zero-order chi connectivity index (χ0) is 13.1. The summed E-state index contributed by atoms with van der Waals surface area (Å²) in [5.41, 5.74) is 6.93. The van der Waals surface area contributed by atoms with Crippen LogP contribution in [0.25, 0.3) is 11.5 Å². The van der Waals surface area contributed by atoms with Gasteiger partial charge in [-0.2, -0.15) is 4.98 Å². The lowest BCUT2D eigenvalue weighted by molar-refractivity contribution is 0.429. The summed E-state index contributed by atoms with van der Waals surface area (Å²) >= 11 is 0. The van der Waals surface area contributed by atoms with E-state index in [0.29, 0.717) is 17.9 Å². The Kier molecular flexibility index (Phi) is 3.46. The predicted molar refractivity (Wildman–Crippen MR) is 73.8 cm³/mol.